The third kappa shape index (κ3) is 7.53. The number of likely N-dealkylation sites (tertiary alicyclic amines) is 1. The van der Waals surface area contributed by atoms with Crippen molar-refractivity contribution >= 4 is 17.6 Å². The Morgan fingerprint density at radius 2 is 1.86 bits per heavy atom. The van der Waals surface area contributed by atoms with Crippen LogP contribution in [0.25, 0.3) is 0 Å². The zero-order valence-electron chi connectivity index (χ0n) is 25.3. The highest BCUT2D eigenvalue weighted by Crippen LogP contribution is 2.60. The molecule has 3 atom stereocenters. The van der Waals surface area contributed by atoms with Gasteiger partial charge < -0.3 is 0 Å². The van der Waals surface area contributed by atoms with Gasteiger partial charge in [-0.05, 0) is 55.9 Å². The lowest BCUT2D eigenvalue weighted by atomic mass is 9.88. The minimum atomic E-state index is 0.203. The van der Waals surface area contributed by atoms with Crippen LogP contribution in [0.5, 0.6) is 0 Å². The minimum absolute atomic E-state index is 0.203. The van der Waals surface area contributed by atoms with Crippen LogP contribution in [0, 0.1) is 23.2 Å². The third-order valence-corrected chi connectivity index (χ3v) is 10.0. The first-order valence-electron chi connectivity index (χ1n) is 15.0. The third-order valence-electron chi connectivity index (χ3n) is 10.0. The Hall–Kier alpha value is -1.53. The van der Waals surface area contributed by atoms with E-state index in [0.29, 0.717) is 38.0 Å². The Labute approximate surface area is 227 Å². The van der Waals surface area contributed by atoms with Crippen LogP contribution in [0.3, 0.4) is 0 Å². The van der Waals surface area contributed by atoms with E-state index in [9.17, 15) is 9.59 Å². The van der Waals surface area contributed by atoms with Crippen molar-refractivity contribution in [1.29, 1.82) is 0 Å². The predicted octanol–water partition coefficient (Wildman–Crippen LogP) is 6.27. The molecule has 2 aliphatic heterocycles. The molecule has 3 rings (SSSR count). The van der Waals surface area contributed by atoms with E-state index in [1.54, 1.807) is 0 Å². The topological polar surface area (TPSA) is 49.7 Å². The van der Waals surface area contributed by atoms with Crippen molar-refractivity contribution in [3.63, 3.8) is 0 Å². The molecule has 1 saturated carbocycles. The summed E-state index contributed by atoms with van der Waals surface area (Å²) < 4.78 is 0.992. The molecule has 0 aromatic rings. The van der Waals surface area contributed by atoms with Gasteiger partial charge >= 0.3 is 11.9 Å². The first-order valence-corrected chi connectivity index (χ1v) is 15.0. The standard InChI is InChI=1S/C31H56N4O2/c1-9-10-11-12-24(2)13-14-29(36)35(8)17-15-31(16-18-35)20-28(31)22-33(5)30(37)34(6,7)23-27-19-26(4)32-21-25(27)3/h21,24,27-28H,9-20,22-23H2,1-8H3/q+2. The monoisotopic (exact) mass is 516 g/mol. The summed E-state index contributed by atoms with van der Waals surface area (Å²) in [6.07, 6.45) is 13.2. The fourth-order valence-corrected chi connectivity index (χ4v) is 6.85. The number of amides is 3. The minimum Gasteiger partial charge on any atom is -0.295 e. The van der Waals surface area contributed by atoms with Gasteiger partial charge in [-0.15, -0.1) is 0 Å². The molecular formula is C31H56N4O2+2. The Morgan fingerprint density at radius 3 is 2.51 bits per heavy atom. The summed E-state index contributed by atoms with van der Waals surface area (Å²) in [5, 5.41) is 0. The van der Waals surface area contributed by atoms with E-state index in [2.05, 4.69) is 53.8 Å². The van der Waals surface area contributed by atoms with Gasteiger partial charge in [0.05, 0.1) is 47.2 Å². The fraction of sp³-hybridized carbons (Fsp3) is 0.839. The smallest absolute Gasteiger partial charge is 0.295 e. The summed E-state index contributed by atoms with van der Waals surface area (Å²) in [5.74, 6) is 2.04. The first-order chi connectivity index (χ1) is 17.3. The quantitative estimate of drug-likeness (QED) is 0.240. The number of nitrogens with zero attached hydrogens (tertiary/aromatic N) is 4. The highest BCUT2D eigenvalue weighted by molar-refractivity contribution is 5.84. The average Bonchev–Trinajstić information content (AvgIpc) is 3.52. The highest BCUT2D eigenvalue weighted by Gasteiger charge is 2.59. The molecule has 1 saturated heterocycles. The van der Waals surface area contributed by atoms with Crippen molar-refractivity contribution in [2.24, 2.45) is 28.2 Å². The number of rotatable bonds is 11. The summed E-state index contributed by atoms with van der Waals surface area (Å²) in [6.45, 7) is 12.3. The van der Waals surface area contributed by atoms with Crippen molar-refractivity contribution in [1.82, 2.24) is 4.90 Å². The Morgan fingerprint density at radius 1 is 1.19 bits per heavy atom. The van der Waals surface area contributed by atoms with E-state index in [-0.39, 0.29) is 6.03 Å². The van der Waals surface area contributed by atoms with E-state index in [0.717, 1.165) is 64.0 Å². The maximum absolute atomic E-state index is 13.5. The predicted molar refractivity (Wildman–Crippen MR) is 153 cm³/mol. The number of piperidine rings is 1. The van der Waals surface area contributed by atoms with Gasteiger partial charge in [0.2, 0.25) is 0 Å². The first kappa shape index (κ1) is 30.0. The molecule has 0 radical (unpaired) electrons. The number of aliphatic imine (C=N–C) groups is 1. The molecule has 6 heteroatoms. The second-order valence-corrected chi connectivity index (χ2v) is 13.8. The van der Waals surface area contributed by atoms with Gasteiger partial charge in [0, 0.05) is 44.3 Å². The van der Waals surface area contributed by atoms with Crippen molar-refractivity contribution in [2.45, 2.75) is 91.9 Å². The van der Waals surface area contributed by atoms with Crippen molar-refractivity contribution in [2.75, 3.05) is 54.4 Å². The van der Waals surface area contributed by atoms with Crippen LogP contribution >= 0.6 is 0 Å². The van der Waals surface area contributed by atoms with E-state index < -0.39 is 0 Å². The summed E-state index contributed by atoms with van der Waals surface area (Å²) in [4.78, 5) is 33.1. The molecule has 210 valence electrons. The fourth-order valence-electron chi connectivity index (χ4n) is 6.85. The van der Waals surface area contributed by atoms with E-state index in [4.69, 9.17) is 0 Å². The molecule has 2 fully saturated rings. The van der Waals surface area contributed by atoms with Gasteiger partial charge in [-0.25, -0.2) is 14.1 Å². The number of hydrogen-bond acceptors (Lipinski definition) is 3. The Kier molecular flexibility index (Phi) is 9.82. The molecule has 3 aliphatic rings. The van der Waals surface area contributed by atoms with Crippen LogP contribution < -0.4 is 0 Å². The maximum atomic E-state index is 13.5. The van der Waals surface area contributed by atoms with E-state index in [1.807, 2.05) is 18.1 Å². The van der Waals surface area contributed by atoms with E-state index >= 15 is 0 Å². The second-order valence-electron chi connectivity index (χ2n) is 13.8. The lowest BCUT2D eigenvalue weighted by Gasteiger charge is -2.39. The number of carbonyl (C=O) groups excluding carboxylic acids is 2. The van der Waals surface area contributed by atoms with Gasteiger partial charge in [0.15, 0.2) is 0 Å². The Balaban J connectivity index is 1.44. The van der Waals surface area contributed by atoms with Gasteiger partial charge in [0.25, 0.3) is 0 Å². The van der Waals surface area contributed by atoms with Crippen molar-refractivity contribution in [3.8, 4) is 0 Å². The van der Waals surface area contributed by atoms with Gasteiger partial charge in [-0.1, -0.05) is 39.5 Å². The highest BCUT2D eigenvalue weighted by atomic mass is 16.2. The largest absolute Gasteiger partial charge is 0.418 e. The molecule has 0 bridgehead atoms. The summed E-state index contributed by atoms with van der Waals surface area (Å²) in [7, 11) is 8.25. The summed E-state index contributed by atoms with van der Waals surface area (Å²) in [6, 6.07) is 0.203. The zero-order chi connectivity index (χ0) is 27.4. The number of quaternary nitrogens is 2. The van der Waals surface area contributed by atoms with E-state index in [1.165, 1.54) is 37.7 Å². The molecule has 0 aromatic heterocycles. The number of carbonyl (C=O) groups is 2. The molecule has 6 nitrogen and oxygen atoms in total. The zero-order valence-corrected chi connectivity index (χ0v) is 25.3. The van der Waals surface area contributed by atoms with Crippen LogP contribution in [0.1, 0.15) is 91.9 Å². The van der Waals surface area contributed by atoms with Crippen molar-refractivity contribution in [3.05, 3.63) is 11.8 Å². The van der Waals surface area contributed by atoms with Gasteiger partial charge in [-0.3, -0.25) is 14.4 Å². The van der Waals surface area contributed by atoms with Crippen molar-refractivity contribution < 1.29 is 18.6 Å². The molecule has 1 spiro atoms. The lowest BCUT2D eigenvalue weighted by Crippen LogP contribution is -2.55. The molecule has 3 amide bonds. The number of urea groups is 1. The number of hydrogen-bond donors (Lipinski definition) is 0. The molecule has 2 heterocycles. The van der Waals surface area contributed by atoms with Gasteiger partial charge in [-0.2, -0.15) is 0 Å². The summed E-state index contributed by atoms with van der Waals surface area (Å²) in [5.41, 5.74) is 2.78. The maximum Gasteiger partial charge on any atom is 0.418 e. The SMILES string of the molecule is CCCCCC(C)CCC(=O)[N+]1(C)CCC2(CC1)CC2CN(C)C(=O)[N+](C)(C)CC1CC(C)=NC=C1C. The second kappa shape index (κ2) is 12.1. The number of unbranched alkanes of at least 4 members (excludes halogenated alkanes) is 2. The lowest BCUT2D eigenvalue weighted by molar-refractivity contribution is -0.842. The van der Waals surface area contributed by atoms with Crippen LogP contribution in [0.15, 0.2) is 16.8 Å². The van der Waals surface area contributed by atoms with Crippen LogP contribution in [0.2, 0.25) is 0 Å². The molecule has 0 aromatic carbocycles. The molecular weight excluding hydrogens is 460 g/mol. The molecule has 0 N–H and O–H groups in total. The van der Waals surface area contributed by atoms with Crippen LogP contribution in [0.4, 0.5) is 4.79 Å². The Bertz CT molecular complexity index is 882. The average molecular weight is 517 g/mol. The van der Waals surface area contributed by atoms with Crippen LogP contribution in [-0.2, 0) is 4.79 Å². The molecule has 3 unspecified atom stereocenters. The molecule has 37 heavy (non-hydrogen) atoms. The normalized spacial score (nSPS) is 30.5. The van der Waals surface area contributed by atoms with Gasteiger partial charge in [0.1, 0.15) is 0 Å². The van der Waals surface area contributed by atoms with Crippen LogP contribution in [-0.4, -0.2) is 85.9 Å². The summed E-state index contributed by atoms with van der Waals surface area (Å²) >= 11 is 0. The molecule has 1 aliphatic carbocycles.